The first-order valence-corrected chi connectivity index (χ1v) is 11.7. The van der Waals surface area contributed by atoms with Crippen LogP contribution in [0.1, 0.15) is 38.2 Å². The van der Waals surface area contributed by atoms with Gasteiger partial charge in [0.05, 0.1) is 12.4 Å². The summed E-state index contributed by atoms with van der Waals surface area (Å²) in [5.41, 5.74) is 0.663. The number of carboxylic acid groups (broad SMARTS) is 1. The standard InChI is InChI=1S/C20H28N4O6S/c1-2-3-13-31(28,29)24-17(19(26)27)14-15-6-8-16(9-7-15)30-12-4-5-18(25)23-20-21-10-11-22-20/h6-11,17,24H,2-5,12-14H2,1H3,(H,26,27)(H2,21,22,23,25)/t17-/m0/s1. The summed E-state index contributed by atoms with van der Waals surface area (Å²) in [6, 6.07) is 5.51. The maximum absolute atomic E-state index is 12.0. The molecule has 0 aliphatic rings. The lowest BCUT2D eigenvalue weighted by atomic mass is 10.1. The highest BCUT2D eigenvalue weighted by atomic mass is 32.2. The summed E-state index contributed by atoms with van der Waals surface area (Å²) in [7, 11) is -3.65. The molecule has 0 fully saturated rings. The van der Waals surface area contributed by atoms with Gasteiger partial charge in [0.25, 0.3) is 0 Å². The van der Waals surface area contributed by atoms with Gasteiger partial charge in [0.2, 0.25) is 21.9 Å². The molecule has 0 radical (unpaired) electrons. The van der Waals surface area contributed by atoms with E-state index in [0.717, 1.165) is 0 Å². The Morgan fingerprint density at radius 3 is 2.58 bits per heavy atom. The third kappa shape index (κ3) is 9.18. The maximum atomic E-state index is 12.0. The van der Waals surface area contributed by atoms with E-state index in [2.05, 4.69) is 20.0 Å². The number of aromatic amines is 1. The molecule has 0 bridgehead atoms. The molecular weight excluding hydrogens is 424 g/mol. The predicted molar refractivity (Wildman–Crippen MR) is 115 cm³/mol. The monoisotopic (exact) mass is 452 g/mol. The molecule has 0 saturated heterocycles. The zero-order valence-electron chi connectivity index (χ0n) is 17.3. The van der Waals surface area contributed by atoms with E-state index in [1.54, 1.807) is 36.7 Å². The molecule has 10 nitrogen and oxygen atoms in total. The van der Waals surface area contributed by atoms with E-state index in [9.17, 15) is 23.1 Å². The summed E-state index contributed by atoms with van der Waals surface area (Å²) < 4.78 is 31.9. The van der Waals surface area contributed by atoms with Crippen molar-refractivity contribution in [3.05, 3.63) is 42.2 Å². The lowest BCUT2D eigenvalue weighted by Crippen LogP contribution is -2.43. The molecule has 0 unspecified atom stereocenters. The second-order valence-electron chi connectivity index (χ2n) is 6.97. The number of anilines is 1. The van der Waals surface area contributed by atoms with Gasteiger partial charge >= 0.3 is 5.97 Å². The van der Waals surface area contributed by atoms with Crippen molar-refractivity contribution in [2.45, 2.75) is 45.1 Å². The van der Waals surface area contributed by atoms with E-state index in [-0.39, 0.29) is 24.5 Å². The molecular formula is C20H28N4O6S. The summed E-state index contributed by atoms with van der Waals surface area (Å²) in [5.74, 6) is -0.526. The molecule has 1 atom stereocenters. The van der Waals surface area contributed by atoms with Crippen LogP contribution in [0, 0.1) is 0 Å². The minimum absolute atomic E-state index is 0.0217. The van der Waals surface area contributed by atoms with Gasteiger partial charge in [0, 0.05) is 18.8 Å². The van der Waals surface area contributed by atoms with Gasteiger partial charge in [-0.15, -0.1) is 0 Å². The molecule has 0 spiro atoms. The number of imidazole rings is 1. The second kappa shape index (κ2) is 12.1. The zero-order valence-corrected chi connectivity index (χ0v) is 18.2. The van der Waals surface area contributed by atoms with Crippen LogP contribution in [0.4, 0.5) is 5.95 Å². The number of carboxylic acids is 1. The molecule has 0 saturated carbocycles. The quantitative estimate of drug-likeness (QED) is 0.320. The number of carbonyl (C=O) groups excluding carboxylic acids is 1. The Hall–Kier alpha value is -2.92. The van der Waals surface area contributed by atoms with Crippen LogP contribution >= 0.6 is 0 Å². The van der Waals surface area contributed by atoms with E-state index in [0.29, 0.717) is 43.1 Å². The number of nitrogens with zero attached hydrogens (tertiary/aromatic N) is 1. The second-order valence-corrected chi connectivity index (χ2v) is 8.84. The SMILES string of the molecule is CCCCS(=O)(=O)N[C@@H](Cc1ccc(OCCCC(=O)Nc2ncc[nH]2)cc1)C(=O)O. The van der Waals surface area contributed by atoms with Crippen molar-refractivity contribution < 1.29 is 27.9 Å². The Morgan fingerprint density at radius 1 is 1.23 bits per heavy atom. The summed E-state index contributed by atoms with van der Waals surface area (Å²) in [4.78, 5) is 29.9. The fourth-order valence-electron chi connectivity index (χ4n) is 2.70. The number of nitrogens with one attached hydrogen (secondary N) is 3. The number of carbonyl (C=O) groups is 2. The fraction of sp³-hybridized carbons (Fsp3) is 0.450. The average molecular weight is 453 g/mol. The van der Waals surface area contributed by atoms with Crippen molar-refractivity contribution in [3.8, 4) is 5.75 Å². The number of benzene rings is 1. The van der Waals surface area contributed by atoms with Crippen LogP contribution in [0.3, 0.4) is 0 Å². The van der Waals surface area contributed by atoms with Crippen molar-refractivity contribution in [3.63, 3.8) is 0 Å². The number of hydrogen-bond acceptors (Lipinski definition) is 6. The molecule has 2 aromatic rings. The van der Waals surface area contributed by atoms with Crippen LogP contribution in [-0.2, 0) is 26.0 Å². The summed E-state index contributed by atoms with van der Waals surface area (Å²) in [5, 5.41) is 12.0. The first-order chi connectivity index (χ1) is 14.8. The van der Waals surface area contributed by atoms with Crippen LogP contribution in [0.15, 0.2) is 36.7 Å². The van der Waals surface area contributed by atoms with Crippen LogP contribution in [0.25, 0.3) is 0 Å². The Bertz CT molecular complexity index is 929. The van der Waals surface area contributed by atoms with Gasteiger partial charge < -0.3 is 14.8 Å². The number of aromatic nitrogens is 2. The smallest absolute Gasteiger partial charge is 0.322 e. The van der Waals surface area contributed by atoms with Gasteiger partial charge in [-0.2, -0.15) is 0 Å². The number of ether oxygens (including phenoxy) is 1. The molecule has 0 aliphatic carbocycles. The van der Waals surface area contributed by atoms with E-state index in [1.165, 1.54) is 0 Å². The first-order valence-electron chi connectivity index (χ1n) is 10.0. The lowest BCUT2D eigenvalue weighted by Gasteiger charge is -2.15. The van der Waals surface area contributed by atoms with Crippen LogP contribution in [-0.4, -0.2) is 53.8 Å². The van der Waals surface area contributed by atoms with Crippen molar-refractivity contribution >= 4 is 27.8 Å². The molecule has 31 heavy (non-hydrogen) atoms. The Kier molecular flexibility index (Phi) is 9.47. The predicted octanol–water partition coefficient (Wildman–Crippen LogP) is 1.92. The van der Waals surface area contributed by atoms with Crippen LogP contribution in [0.5, 0.6) is 5.75 Å². The van der Waals surface area contributed by atoms with Gasteiger partial charge in [0.15, 0.2) is 0 Å². The van der Waals surface area contributed by atoms with Crippen molar-refractivity contribution in [2.75, 3.05) is 17.7 Å². The number of amides is 1. The largest absolute Gasteiger partial charge is 0.494 e. The molecule has 11 heteroatoms. The minimum atomic E-state index is -3.65. The van der Waals surface area contributed by atoms with Gasteiger partial charge in [-0.25, -0.2) is 18.1 Å². The number of unbranched alkanes of at least 4 members (excludes halogenated alkanes) is 1. The molecule has 1 aromatic heterocycles. The number of sulfonamides is 1. The number of hydrogen-bond donors (Lipinski definition) is 4. The van der Waals surface area contributed by atoms with Gasteiger partial charge in [-0.05, 0) is 37.0 Å². The number of H-pyrrole nitrogens is 1. The van der Waals surface area contributed by atoms with Gasteiger partial charge in [0.1, 0.15) is 11.8 Å². The van der Waals surface area contributed by atoms with Crippen molar-refractivity contribution in [1.29, 1.82) is 0 Å². The number of aliphatic carboxylic acids is 1. The van der Waals surface area contributed by atoms with Gasteiger partial charge in [-0.3, -0.25) is 14.9 Å². The van der Waals surface area contributed by atoms with E-state index in [4.69, 9.17) is 4.74 Å². The Balaban J connectivity index is 1.78. The highest BCUT2D eigenvalue weighted by Gasteiger charge is 2.24. The summed E-state index contributed by atoms with van der Waals surface area (Å²) in [6.07, 6.45) is 5.14. The zero-order chi connectivity index (χ0) is 22.7. The Labute approximate surface area is 181 Å². The lowest BCUT2D eigenvalue weighted by molar-refractivity contribution is -0.138. The molecule has 4 N–H and O–H groups in total. The third-order valence-corrected chi connectivity index (χ3v) is 5.79. The van der Waals surface area contributed by atoms with Crippen LogP contribution < -0.4 is 14.8 Å². The number of rotatable bonds is 14. The fourth-order valence-corrected chi connectivity index (χ4v) is 4.10. The molecule has 1 heterocycles. The molecule has 1 amide bonds. The minimum Gasteiger partial charge on any atom is -0.494 e. The molecule has 2 rings (SSSR count). The summed E-state index contributed by atoms with van der Waals surface area (Å²) >= 11 is 0. The normalized spacial score (nSPS) is 12.3. The topological polar surface area (TPSA) is 150 Å². The molecule has 170 valence electrons. The first kappa shape index (κ1) is 24.4. The highest BCUT2D eigenvalue weighted by Crippen LogP contribution is 2.15. The Morgan fingerprint density at radius 2 is 1.97 bits per heavy atom. The molecule has 1 aromatic carbocycles. The highest BCUT2D eigenvalue weighted by molar-refractivity contribution is 7.89. The molecule has 0 aliphatic heterocycles. The van der Waals surface area contributed by atoms with Gasteiger partial charge in [-0.1, -0.05) is 25.5 Å². The van der Waals surface area contributed by atoms with Crippen molar-refractivity contribution in [1.82, 2.24) is 14.7 Å². The van der Waals surface area contributed by atoms with Crippen molar-refractivity contribution in [2.24, 2.45) is 0 Å². The van der Waals surface area contributed by atoms with E-state index < -0.39 is 22.0 Å². The average Bonchev–Trinajstić information content (AvgIpc) is 3.23. The summed E-state index contributed by atoms with van der Waals surface area (Å²) in [6.45, 7) is 2.20. The van der Waals surface area contributed by atoms with Crippen LogP contribution in [0.2, 0.25) is 0 Å². The van der Waals surface area contributed by atoms with E-state index >= 15 is 0 Å². The van der Waals surface area contributed by atoms with E-state index in [1.807, 2.05) is 6.92 Å². The third-order valence-electron chi connectivity index (χ3n) is 4.32. The maximum Gasteiger partial charge on any atom is 0.322 e.